The van der Waals surface area contributed by atoms with Crippen molar-refractivity contribution in [1.82, 2.24) is 10.2 Å². The number of fused-ring (bicyclic) bond motifs is 1. The Kier molecular flexibility index (Phi) is 1.51. The van der Waals surface area contributed by atoms with Gasteiger partial charge in [0.25, 0.3) is 0 Å². The predicted octanol–water partition coefficient (Wildman–Crippen LogP) is 0.953. The van der Waals surface area contributed by atoms with Crippen LogP contribution in [-0.4, -0.2) is 30.1 Å². The van der Waals surface area contributed by atoms with E-state index >= 15 is 0 Å². The second kappa shape index (κ2) is 2.40. The zero-order chi connectivity index (χ0) is 7.84. The molecule has 1 aliphatic heterocycles. The van der Waals surface area contributed by atoms with Gasteiger partial charge in [-0.3, -0.25) is 0 Å². The summed E-state index contributed by atoms with van der Waals surface area (Å²) in [4.78, 5) is 13.0. The molecule has 1 saturated carbocycles. The summed E-state index contributed by atoms with van der Waals surface area (Å²) in [5.74, 6) is 0. The van der Waals surface area contributed by atoms with Crippen LogP contribution in [0.4, 0.5) is 4.79 Å². The Balaban J connectivity index is 2.11. The summed E-state index contributed by atoms with van der Waals surface area (Å²) in [5.41, 5.74) is 0. The molecule has 0 bridgehead atoms. The van der Waals surface area contributed by atoms with E-state index in [2.05, 4.69) is 5.32 Å². The number of rotatable bonds is 0. The lowest BCUT2D eigenvalue weighted by Gasteiger charge is -2.27. The molecule has 3 nitrogen and oxygen atoms in total. The summed E-state index contributed by atoms with van der Waals surface area (Å²) < 4.78 is 0. The van der Waals surface area contributed by atoms with Crippen LogP contribution in [-0.2, 0) is 0 Å². The van der Waals surface area contributed by atoms with Crippen molar-refractivity contribution in [2.24, 2.45) is 0 Å². The Bertz CT molecular complexity index is 181. The number of hydrogen-bond acceptors (Lipinski definition) is 1. The second-order valence-corrected chi connectivity index (χ2v) is 3.52. The van der Waals surface area contributed by atoms with Crippen LogP contribution in [0.15, 0.2) is 0 Å². The molecule has 2 rings (SSSR count). The maximum absolute atomic E-state index is 11.2. The van der Waals surface area contributed by atoms with Crippen molar-refractivity contribution in [3.8, 4) is 0 Å². The molecule has 62 valence electrons. The van der Waals surface area contributed by atoms with Crippen LogP contribution >= 0.6 is 0 Å². The van der Waals surface area contributed by atoms with E-state index in [-0.39, 0.29) is 6.03 Å². The molecule has 1 N–H and O–H groups in total. The topological polar surface area (TPSA) is 32.3 Å². The molecule has 0 aromatic heterocycles. The van der Waals surface area contributed by atoms with Gasteiger partial charge in [0.05, 0.1) is 12.1 Å². The molecule has 3 heteroatoms. The van der Waals surface area contributed by atoms with Gasteiger partial charge in [0.2, 0.25) is 0 Å². The third kappa shape index (κ3) is 0.988. The van der Waals surface area contributed by atoms with Crippen LogP contribution in [0.5, 0.6) is 0 Å². The largest absolute Gasteiger partial charge is 0.333 e. The van der Waals surface area contributed by atoms with Crippen LogP contribution in [0.3, 0.4) is 0 Å². The summed E-state index contributed by atoms with van der Waals surface area (Å²) in [7, 11) is 1.89. The molecule has 2 aliphatic rings. The fraction of sp³-hybridized carbons (Fsp3) is 0.875. The first-order chi connectivity index (χ1) is 5.29. The molecule has 1 saturated heterocycles. The van der Waals surface area contributed by atoms with Crippen molar-refractivity contribution in [2.75, 3.05) is 7.05 Å². The van der Waals surface area contributed by atoms with E-state index < -0.39 is 0 Å². The van der Waals surface area contributed by atoms with Gasteiger partial charge in [0.1, 0.15) is 0 Å². The zero-order valence-electron chi connectivity index (χ0n) is 6.84. The quantitative estimate of drug-likeness (QED) is 0.553. The summed E-state index contributed by atoms with van der Waals surface area (Å²) in [6.07, 6.45) is 4.90. The number of hydrogen-bond donors (Lipinski definition) is 1. The van der Waals surface area contributed by atoms with Gasteiger partial charge in [0.15, 0.2) is 0 Å². The lowest BCUT2D eigenvalue weighted by atomic mass is 9.91. The molecule has 2 atom stereocenters. The fourth-order valence-corrected chi connectivity index (χ4v) is 2.15. The fourth-order valence-electron chi connectivity index (χ4n) is 2.15. The molecular formula is C8H14N2O. The second-order valence-electron chi connectivity index (χ2n) is 3.52. The minimum Gasteiger partial charge on any atom is -0.333 e. The molecule has 1 heterocycles. The van der Waals surface area contributed by atoms with E-state index in [0.717, 1.165) is 0 Å². The van der Waals surface area contributed by atoms with Gasteiger partial charge in [-0.25, -0.2) is 4.79 Å². The SMILES string of the molecule is CN1C(=O)N[C@H]2CCCC[C@@H]21. The van der Waals surface area contributed by atoms with Crippen molar-refractivity contribution in [2.45, 2.75) is 37.8 Å². The lowest BCUT2D eigenvalue weighted by molar-refractivity contribution is 0.208. The molecule has 0 radical (unpaired) electrons. The highest BCUT2D eigenvalue weighted by molar-refractivity contribution is 5.77. The third-order valence-corrected chi connectivity index (χ3v) is 2.86. The summed E-state index contributed by atoms with van der Waals surface area (Å²) >= 11 is 0. The van der Waals surface area contributed by atoms with E-state index in [4.69, 9.17) is 0 Å². The maximum Gasteiger partial charge on any atom is 0.317 e. The van der Waals surface area contributed by atoms with Crippen molar-refractivity contribution in [3.05, 3.63) is 0 Å². The minimum absolute atomic E-state index is 0.113. The summed E-state index contributed by atoms with van der Waals surface area (Å²) in [5, 5.41) is 2.99. The Morgan fingerprint density at radius 1 is 1.45 bits per heavy atom. The molecule has 2 fully saturated rings. The van der Waals surface area contributed by atoms with Gasteiger partial charge in [-0.15, -0.1) is 0 Å². The number of nitrogens with zero attached hydrogens (tertiary/aromatic N) is 1. The number of likely N-dealkylation sites (N-methyl/N-ethyl adjacent to an activating group) is 1. The van der Waals surface area contributed by atoms with Gasteiger partial charge in [-0.05, 0) is 12.8 Å². The zero-order valence-corrected chi connectivity index (χ0v) is 6.84. The number of amides is 2. The van der Waals surface area contributed by atoms with E-state index in [9.17, 15) is 4.79 Å². The van der Waals surface area contributed by atoms with Crippen LogP contribution in [0, 0.1) is 0 Å². The smallest absolute Gasteiger partial charge is 0.317 e. The maximum atomic E-state index is 11.2. The van der Waals surface area contributed by atoms with Gasteiger partial charge >= 0.3 is 6.03 Å². The number of nitrogens with one attached hydrogen (secondary N) is 1. The first kappa shape index (κ1) is 6.95. The van der Waals surface area contributed by atoms with Crippen molar-refractivity contribution >= 4 is 6.03 Å². The predicted molar refractivity (Wildman–Crippen MR) is 42.3 cm³/mol. The van der Waals surface area contributed by atoms with Crippen LogP contribution in [0.2, 0.25) is 0 Å². The number of carbonyl (C=O) groups is 1. The van der Waals surface area contributed by atoms with Crippen molar-refractivity contribution < 1.29 is 4.79 Å². The highest BCUT2D eigenvalue weighted by atomic mass is 16.2. The Labute approximate surface area is 66.8 Å². The summed E-state index contributed by atoms with van der Waals surface area (Å²) in [6.45, 7) is 0. The standard InChI is InChI=1S/C8H14N2O/c1-10-7-5-3-2-4-6(7)9-8(10)11/h6-7H,2-5H2,1H3,(H,9,11)/t6-,7-/m0/s1. The van der Waals surface area contributed by atoms with Gasteiger partial charge in [0, 0.05) is 7.05 Å². The number of carbonyl (C=O) groups excluding carboxylic acids is 1. The van der Waals surface area contributed by atoms with E-state index in [1.807, 2.05) is 11.9 Å². The molecule has 1 aliphatic carbocycles. The molecule has 11 heavy (non-hydrogen) atoms. The molecule has 0 aromatic carbocycles. The van der Waals surface area contributed by atoms with Gasteiger partial charge in [-0.1, -0.05) is 12.8 Å². The monoisotopic (exact) mass is 154 g/mol. The van der Waals surface area contributed by atoms with Crippen molar-refractivity contribution in [1.29, 1.82) is 0 Å². The molecule has 0 aromatic rings. The summed E-state index contributed by atoms with van der Waals surface area (Å²) in [6, 6.07) is 1.04. The third-order valence-electron chi connectivity index (χ3n) is 2.86. The molecule has 0 spiro atoms. The minimum atomic E-state index is 0.113. The first-order valence-electron chi connectivity index (χ1n) is 4.32. The lowest BCUT2D eigenvalue weighted by Crippen LogP contribution is -2.36. The van der Waals surface area contributed by atoms with Crippen LogP contribution < -0.4 is 5.32 Å². The molecule has 0 unspecified atom stereocenters. The highest BCUT2D eigenvalue weighted by Gasteiger charge is 2.37. The molecular weight excluding hydrogens is 140 g/mol. The van der Waals surface area contributed by atoms with Gasteiger partial charge < -0.3 is 10.2 Å². The number of urea groups is 1. The average Bonchev–Trinajstić information content (AvgIpc) is 2.30. The van der Waals surface area contributed by atoms with Gasteiger partial charge in [-0.2, -0.15) is 0 Å². The first-order valence-corrected chi connectivity index (χ1v) is 4.32. The average molecular weight is 154 g/mol. The van der Waals surface area contributed by atoms with Crippen molar-refractivity contribution in [3.63, 3.8) is 0 Å². The Morgan fingerprint density at radius 2 is 2.18 bits per heavy atom. The van der Waals surface area contributed by atoms with Crippen LogP contribution in [0.25, 0.3) is 0 Å². The Morgan fingerprint density at radius 3 is 2.91 bits per heavy atom. The van der Waals surface area contributed by atoms with E-state index in [1.54, 1.807) is 0 Å². The van der Waals surface area contributed by atoms with E-state index in [1.165, 1.54) is 25.7 Å². The normalized spacial score (nSPS) is 36.8. The van der Waals surface area contributed by atoms with E-state index in [0.29, 0.717) is 12.1 Å². The highest BCUT2D eigenvalue weighted by Crippen LogP contribution is 2.26. The Hall–Kier alpha value is -0.730. The van der Waals surface area contributed by atoms with Crippen LogP contribution in [0.1, 0.15) is 25.7 Å². The molecule has 2 amide bonds.